The molecule has 0 radical (unpaired) electrons. The Bertz CT molecular complexity index is 610. The van der Waals surface area contributed by atoms with E-state index in [0.29, 0.717) is 16.7 Å². The fourth-order valence-corrected chi connectivity index (χ4v) is 7.99. The van der Waals surface area contributed by atoms with Crippen molar-refractivity contribution in [2.24, 2.45) is 52.3 Å². The summed E-state index contributed by atoms with van der Waals surface area (Å²) in [5, 5.41) is 0. The second kappa shape index (κ2) is 7.07. The summed E-state index contributed by atoms with van der Waals surface area (Å²) < 4.78 is 0. The lowest BCUT2D eigenvalue weighted by Gasteiger charge is -2.54. The lowest BCUT2D eigenvalue weighted by atomic mass is 9.51. The van der Waals surface area contributed by atoms with Crippen molar-refractivity contribution in [1.82, 2.24) is 0 Å². The molecule has 152 valence electrons. The topological polar surface area (TPSA) is 0 Å². The highest BCUT2D eigenvalue weighted by atomic mass is 14.6. The zero-order chi connectivity index (χ0) is 19.4. The highest BCUT2D eigenvalue weighted by Gasteiger charge is 2.57. The first-order valence-electron chi connectivity index (χ1n) is 12.2. The van der Waals surface area contributed by atoms with Crippen molar-refractivity contribution >= 4 is 0 Å². The molecule has 3 saturated carbocycles. The summed E-state index contributed by atoms with van der Waals surface area (Å²) >= 11 is 0. The largest absolute Gasteiger partial charge is 0.0852 e. The summed E-state index contributed by atoms with van der Waals surface area (Å²) in [4.78, 5) is 0. The van der Waals surface area contributed by atoms with Crippen molar-refractivity contribution in [3.8, 4) is 0 Å². The van der Waals surface area contributed by atoms with Crippen LogP contribution in [-0.2, 0) is 0 Å². The van der Waals surface area contributed by atoms with Gasteiger partial charge < -0.3 is 0 Å². The van der Waals surface area contributed by atoms with Crippen LogP contribution in [0, 0.1) is 52.3 Å². The van der Waals surface area contributed by atoms with Gasteiger partial charge in [0.15, 0.2) is 0 Å². The third-order valence-corrected chi connectivity index (χ3v) is 10.2. The Balaban J connectivity index is 1.54. The molecule has 0 aromatic heterocycles. The maximum atomic E-state index is 2.76. The van der Waals surface area contributed by atoms with Crippen LogP contribution in [0.25, 0.3) is 0 Å². The van der Waals surface area contributed by atoms with Gasteiger partial charge in [-0.15, -0.1) is 0 Å². The maximum Gasteiger partial charge on any atom is -0.0143 e. The molecule has 0 nitrogen and oxygen atoms in total. The number of hydrogen-bond acceptors (Lipinski definition) is 0. The van der Waals surface area contributed by atoms with Gasteiger partial charge in [-0.3, -0.25) is 0 Å². The Morgan fingerprint density at radius 1 is 0.889 bits per heavy atom. The van der Waals surface area contributed by atoms with Crippen molar-refractivity contribution in [2.75, 3.05) is 0 Å². The molecular weight excluding hydrogens is 324 g/mol. The molecule has 4 aliphatic rings. The first-order valence-corrected chi connectivity index (χ1v) is 12.2. The first kappa shape index (κ1) is 19.8. The van der Waals surface area contributed by atoms with Gasteiger partial charge in [-0.05, 0) is 97.2 Å². The minimum Gasteiger partial charge on any atom is -0.0852 e. The molecule has 0 heterocycles. The summed E-state index contributed by atoms with van der Waals surface area (Å²) in [6.07, 6.45) is 19.6. The van der Waals surface area contributed by atoms with E-state index in [1.54, 1.807) is 0 Å². The van der Waals surface area contributed by atoms with E-state index in [0.717, 1.165) is 35.5 Å². The maximum absolute atomic E-state index is 2.76. The zero-order valence-corrected chi connectivity index (χ0v) is 18.9. The van der Waals surface area contributed by atoms with Crippen LogP contribution in [0.2, 0.25) is 0 Å². The lowest BCUT2D eigenvalue weighted by molar-refractivity contribution is 0.0314. The molecule has 0 N–H and O–H groups in total. The van der Waals surface area contributed by atoms with Gasteiger partial charge in [-0.1, -0.05) is 71.8 Å². The molecule has 4 aliphatic carbocycles. The van der Waals surface area contributed by atoms with Gasteiger partial charge in [0.1, 0.15) is 0 Å². The van der Waals surface area contributed by atoms with Crippen molar-refractivity contribution < 1.29 is 0 Å². The van der Waals surface area contributed by atoms with Crippen LogP contribution in [0.4, 0.5) is 0 Å². The van der Waals surface area contributed by atoms with E-state index in [4.69, 9.17) is 0 Å². The quantitative estimate of drug-likeness (QED) is 0.440. The Kier molecular flexibility index (Phi) is 5.18. The average Bonchev–Trinajstić information content (AvgIpc) is 3.18. The fourth-order valence-electron chi connectivity index (χ4n) is 7.99. The van der Waals surface area contributed by atoms with Gasteiger partial charge >= 0.3 is 0 Å². The second-order valence-electron chi connectivity index (χ2n) is 11.7. The minimum atomic E-state index is 0.551. The highest BCUT2D eigenvalue weighted by Crippen LogP contribution is 2.67. The molecular formula is C27H44. The van der Waals surface area contributed by atoms with Crippen molar-refractivity contribution in [1.29, 1.82) is 0 Å². The van der Waals surface area contributed by atoms with E-state index in [9.17, 15) is 0 Å². The number of allylic oxidation sites excluding steroid dienone is 4. The van der Waals surface area contributed by atoms with Crippen LogP contribution >= 0.6 is 0 Å². The molecule has 0 amide bonds. The van der Waals surface area contributed by atoms with Crippen LogP contribution in [0.1, 0.15) is 92.9 Å². The molecule has 0 saturated heterocycles. The van der Waals surface area contributed by atoms with Crippen molar-refractivity contribution in [3.05, 3.63) is 23.8 Å². The molecule has 0 aromatic rings. The summed E-state index contributed by atoms with van der Waals surface area (Å²) in [7, 11) is 0. The third-order valence-electron chi connectivity index (χ3n) is 10.2. The molecule has 0 aliphatic heterocycles. The van der Waals surface area contributed by atoms with E-state index in [2.05, 4.69) is 59.8 Å². The summed E-state index contributed by atoms with van der Waals surface area (Å²) in [6.45, 7) is 14.9. The second-order valence-corrected chi connectivity index (χ2v) is 11.7. The van der Waals surface area contributed by atoms with Crippen LogP contribution < -0.4 is 0 Å². The average molecular weight is 369 g/mol. The number of hydrogen-bond donors (Lipinski definition) is 0. The summed E-state index contributed by atoms with van der Waals surface area (Å²) in [5.74, 6) is 5.87. The zero-order valence-electron chi connectivity index (χ0n) is 18.9. The van der Waals surface area contributed by atoms with Crippen molar-refractivity contribution in [3.63, 3.8) is 0 Å². The number of fused-ring (bicyclic) bond motifs is 5. The van der Waals surface area contributed by atoms with E-state index in [1.807, 2.05) is 5.57 Å². The third kappa shape index (κ3) is 3.08. The fraction of sp³-hybridized carbons (Fsp3) is 0.852. The van der Waals surface area contributed by atoms with E-state index >= 15 is 0 Å². The first-order chi connectivity index (χ1) is 12.8. The van der Waals surface area contributed by atoms with Crippen LogP contribution in [-0.4, -0.2) is 0 Å². The van der Waals surface area contributed by atoms with Gasteiger partial charge in [-0.25, -0.2) is 0 Å². The van der Waals surface area contributed by atoms with Crippen molar-refractivity contribution in [2.45, 2.75) is 92.9 Å². The summed E-state index contributed by atoms with van der Waals surface area (Å²) in [5.41, 5.74) is 3.12. The standard InChI is InChI=1S/C27H44/c1-18(2)19(3)9-10-20(4)23-13-14-24-22-12-11-21-8-7-16-26(21,5)25(22)15-17-27(23,24)6/h9-10,12,18-21,23-25H,7-8,11,13-17H2,1-6H3/b10-9+/t19-,20+,21+,23-,24-,25+,26+,27+/m0/s1. The predicted octanol–water partition coefficient (Wildman–Crippen LogP) is 8.05. The SMILES string of the molecule is CC(C)[C@@H](C)/C=C/[C@@H](C)[C@@H]1CC[C@H]2C3=CC[C@H]4CCC[C@@]4(C)[C@@H]3CC[C@@]21C. The molecule has 3 fully saturated rings. The summed E-state index contributed by atoms with van der Waals surface area (Å²) in [6, 6.07) is 0. The predicted molar refractivity (Wildman–Crippen MR) is 117 cm³/mol. The van der Waals surface area contributed by atoms with Gasteiger partial charge in [-0.2, -0.15) is 0 Å². The van der Waals surface area contributed by atoms with E-state index < -0.39 is 0 Å². The highest BCUT2D eigenvalue weighted by molar-refractivity contribution is 5.28. The van der Waals surface area contributed by atoms with Gasteiger partial charge in [0.2, 0.25) is 0 Å². The molecule has 0 unspecified atom stereocenters. The van der Waals surface area contributed by atoms with Gasteiger partial charge in [0, 0.05) is 0 Å². The molecule has 27 heavy (non-hydrogen) atoms. The molecule has 0 aromatic carbocycles. The minimum absolute atomic E-state index is 0.551. The number of rotatable bonds is 4. The molecule has 8 atom stereocenters. The molecule has 0 spiro atoms. The molecule has 0 heteroatoms. The Labute approximate surface area is 169 Å². The lowest BCUT2D eigenvalue weighted by Crippen LogP contribution is -2.45. The monoisotopic (exact) mass is 368 g/mol. The smallest absolute Gasteiger partial charge is 0.0143 e. The Morgan fingerprint density at radius 3 is 2.37 bits per heavy atom. The van der Waals surface area contributed by atoms with Gasteiger partial charge in [0.25, 0.3) is 0 Å². The Hall–Kier alpha value is -0.520. The normalized spacial score (nSPS) is 46.1. The van der Waals surface area contributed by atoms with E-state index in [1.165, 1.54) is 51.4 Å². The van der Waals surface area contributed by atoms with E-state index in [-0.39, 0.29) is 0 Å². The molecule has 4 rings (SSSR count). The van der Waals surface area contributed by atoms with Crippen LogP contribution in [0.3, 0.4) is 0 Å². The Morgan fingerprint density at radius 2 is 1.63 bits per heavy atom. The molecule has 0 bridgehead atoms. The van der Waals surface area contributed by atoms with Crippen LogP contribution in [0.15, 0.2) is 23.8 Å². The van der Waals surface area contributed by atoms with Gasteiger partial charge in [0.05, 0.1) is 0 Å². The van der Waals surface area contributed by atoms with Crippen LogP contribution in [0.5, 0.6) is 0 Å².